The zero-order valence-corrected chi connectivity index (χ0v) is 16.7. The second kappa shape index (κ2) is 11.9. The molecule has 3 heteroatoms. The van der Waals surface area contributed by atoms with Crippen molar-refractivity contribution in [2.45, 2.75) is 53.1 Å². The molecule has 0 aromatic heterocycles. The Labute approximate surface area is 155 Å². The lowest BCUT2D eigenvalue weighted by Crippen LogP contribution is -2.37. The summed E-state index contributed by atoms with van der Waals surface area (Å²) in [4.78, 5) is 2.53. The van der Waals surface area contributed by atoms with Crippen LogP contribution in [0.15, 0.2) is 60.1 Å². The van der Waals surface area contributed by atoms with Crippen LogP contribution in [0, 0.1) is 0 Å². The second-order valence-corrected chi connectivity index (χ2v) is 6.24. The highest BCUT2D eigenvalue weighted by Crippen LogP contribution is 2.22. The van der Waals surface area contributed by atoms with Crippen LogP contribution in [0.1, 0.15) is 38.8 Å². The SMILES string of the molecule is C=C/C(C)=C\C([B]CC(CN1Cc2ccccc2C1)NC)=C/C.CC. The van der Waals surface area contributed by atoms with E-state index in [0.29, 0.717) is 6.04 Å². The topological polar surface area (TPSA) is 15.3 Å². The lowest BCUT2D eigenvalue weighted by atomic mass is 9.63. The highest BCUT2D eigenvalue weighted by atomic mass is 15.2. The largest absolute Gasteiger partial charge is 0.316 e. The van der Waals surface area contributed by atoms with Gasteiger partial charge in [0.2, 0.25) is 0 Å². The summed E-state index contributed by atoms with van der Waals surface area (Å²) in [6, 6.07) is 9.24. The minimum Gasteiger partial charge on any atom is -0.316 e. The first-order chi connectivity index (χ1) is 12.2. The van der Waals surface area contributed by atoms with Gasteiger partial charge in [0.05, 0.1) is 0 Å². The molecule has 0 spiro atoms. The predicted octanol–water partition coefficient (Wildman–Crippen LogP) is 4.78. The molecule has 2 nitrogen and oxygen atoms in total. The smallest absolute Gasteiger partial charge is 0.152 e. The molecular formula is C22H34BN2. The van der Waals surface area contributed by atoms with E-state index in [1.807, 2.05) is 19.9 Å². The maximum absolute atomic E-state index is 3.82. The number of nitrogens with one attached hydrogen (secondary N) is 1. The van der Waals surface area contributed by atoms with E-state index < -0.39 is 0 Å². The minimum atomic E-state index is 0.469. The molecule has 1 aliphatic rings. The maximum Gasteiger partial charge on any atom is 0.152 e. The summed E-state index contributed by atoms with van der Waals surface area (Å²) in [6.45, 7) is 15.2. The van der Waals surface area contributed by atoms with Gasteiger partial charge in [-0.3, -0.25) is 4.90 Å². The minimum absolute atomic E-state index is 0.469. The van der Waals surface area contributed by atoms with E-state index in [1.54, 1.807) is 0 Å². The molecule has 1 radical (unpaired) electrons. The fourth-order valence-corrected chi connectivity index (χ4v) is 2.99. The van der Waals surface area contributed by atoms with Crippen LogP contribution in [0.5, 0.6) is 0 Å². The van der Waals surface area contributed by atoms with Gasteiger partial charge in [-0.05, 0) is 32.0 Å². The lowest BCUT2D eigenvalue weighted by Gasteiger charge is -2.23. The summed E-state index contributed by atoms with van der Waals surface area (Å²) in [5.41, 5.74) is 5.42. The molecule has 0 amide bonds. The van der Waals surface area contributed by atoms with Crippen molar-refractivity contribution in [1.82, 2.24) is 10.2 Å². The third kappa shape index (κ3) is 7.05. The average Bonchev–Trinajstić information content (AvgIpc) is 3.07. The summed E-state index contributed by atoms with van der Waals surface area (Å²) in [7, 11) is 4.37. The van der Waals surface area contributed by atoms with E-state index in [4.69, 9.17) is 0 Å². The Morgan fingerprint density at radius 3 is 2.36 bits per heavy atom. The summed E-state index contributed by atoms with van der Waals surface area (Å²) in [5.74, 6) is 0. The van der Waals surface area contributed by atoms with Crippen LogP contribution in [-0.2, 0) is 13.1 Å². The number of nitrogens with zero attached hydrogens (tertiary/aromatic N) is 1. The number of hydrogen-bond acceptors (Lipinski definition) is 2. The number of allylic oxidation sites excluding steroid dienone is 5. The standard InChI is InChI=1S/C20H28BN2.C2H6/c1-5-16(3)11-19(6-2)21-12-20(22-4)15-23-13-17-9-7-8-10-18(17)14-23;1-2/h5-11,20,22H,1,12-15H2,2-4H3;1-2H3/b16-11-,19-6+;. The molecule has 1 aromatic carbocycles. The summed E-state index contributed by atoms with van der Waals surface area (Å²) in [5, 5.41) is 3.46. The monoisotopic (exact) mass is 337 g/mol. The van der Waals surface area contributed by atoms with Crippen LogP contribution in [-0.4, -0.2) is 31.8 Å². The van der Waals surface area contributed by atoms with Crippen LogP contribution in [0.3, 0.4) is 0 Å². The van der Waals surface area contributed by atoms with Gasteiger partial charge in [0.25, 0.3) is 0 Å². The van der Waals surface area contributed by atoms with Gasteiger partial charge in [0, 0.05) is 25.7 Å². The normalized spacial score (nSPS) is 15.9. The van der Waals surface area contributed by atoms with Gasteiger partial charge in [-0.25, -0.2) is 0 Å². The molecule has 1 aliphatic heterocycles. The number of benzene rings is 1. The van der Waals surface area contributed by atoms with Gasteiger partial charge in [-0.1, -0.05) is 80.3 Å². The summed E-state index contributed by atoms with van der Waals surface area (Å²) < 4.78 is 0. The van der Waals surface area contributed by atoms with E-state index in [1.165, 1.54) is 22.2 Å². The zero-order valence-electron chi connectivity index (χ0n) is 16.7. The molecule has 135 valence electrons. The van der Waals surface area contributed by atoms with Crippen molar-refractivity contribution in [2.24, 2.45) is 0 Å². The molecule has 25 heavy (non-hydrogen) atoms. The van der Waals surface area contributed by atoms with Crippen molar-refractivity contribution in [3.63, 3.8) is 0 Å². The van der Waals surface area contributed by atoms with Crippen molar-refractivity contribution < 1.29 is 0 Å². The molecule has 0 aliphatic carbocycles. The van der Waals surface area contributed by atoms with Gasteiger partial charge >= 0.3 is 0 Å². The fourth-order valence-electron chi connectivity index (χ4n) is 2.99. The van der Waals surface area contributed by atoms with Crippen LogP contribution >= 0.6 is 0 Å². The van der Waals surface area contributed by atoms with E-state index in [9.17, 15) is 0 Å². The molecule has 0 bridgehead atoms. The Morgan fingerprint density at radius 2 is 1.88 bits per heavy atom. The molecule has 1 N–H and O–H groups in total. The van der Waals surface area contributed by atoms with Gasteiger partial charge in [-0.15, -0.1) is 0 Å². The number of fused-ring (bicyclic) bond motifs is 1. The predicted molar refractivity (Wildman–Crippen MR) is 113 cm³/mol. The third-order valence-electron chi connectivity index (χ3n) is 4.48. The lowest BCUT2D eigenvalue weighted by molar-refractivity contribution is 0.258. The van der Waals surface area contributed by atoms with Gasteiger partial charge in [-0.2, -0.15) is 0 Å². The summed E-state index contributed by atoms with van der Waals surface area (Å²) in [6.07, 6.45) is 7.27. The number of hydrogen-bond donors (Lipinski definition) is 1. The van der Waals surface area contributed by atoms with Crippen LogP contribution in [0.2, 0.25) is 6.32 Å². The maximum atomic E-state index is 3.82. The molecule has 1 unspecified atom stereocenters. The van der Waals surface area contributed by atoms with Crippen LogP contribution in [0.4, 0.5) is 0 Å². The zero-order chi connectivity index (χ0) is 18.7. The third-order valence-corrected chi connectivity index (χ3v) is 4.48. The quantitative estimate of drug-likeness (QED) is 0.543. The van der Waals surface area contributed by atoms with Crippen LogP contribution < -0.4 is 5.32 Å². The molecule has 2 rings (SSSR count). The van der Waals surface area contributed by atoms with Crippen molar-refractivity contribution >= 4 is 7.28 Å². The Kier molecular flexibility index (Phi) is 10.2. The molecular weight excluding hydrogens is 303 g/mol. The van der Waals surface area contributed by atoms with E-state index in [0.717, 1.165) is 26.0 Å². The van der Waals surface area contributed by atoms with Crippen molar-refractivity contribution in [1.29, 1.82) is 0 Å². The number of likely N-dealkylation sites (N-methyl/N-ethyl adjacent to an activating group) is 1. The molecule has 1 aromatic rings. The van der Waals surface area contributed by atoms with E-state index >= 15 is 0 Å². The molecule has 1 heterocycles. The first-order valence-electron chi connectivity index (χ1n) is 9.43. The average molecular weight is 337 g/mol. The van der Waals surface area contributed by atoms with Crippen molar-refractivity contribution in [3.8, 4) is 0 Å². The van der Waals surface area contributed by atoms with Gasteiger partial charge in [0.1, 0.15) is 0 Å². The first kappa shape index (κ1) is 21.5. The van der Waals surface area contributed by atoms with Crippen molar-refractivity contribution in [2.75, 3.05) is 13.6 Å². The van der Waals surface area contributed by atoms with E-state index in [-0.39, 0.29) is 0 Å². The molecule has 1 atom stereocenters. The molecule has 0 saturated heterocycles. The van der Waals surface area contributed by atoms with Gasteiger partial charge < -0.3 is 5.32 Å². The Balaban J connectivity index is 0.00000151. The number of rotatable bonds is 8. The summed E-state index contributed by atoms with van der Waals surface area (Å²) >= 11 is 0. The first-order valence-corrected chi connectivity index (χ1v) is 9.43. The molecule has 0 saturated carbocycles. The molecule has 0 fully saturated rings. The second-order valence-electron chi connectivity index (χ2n) is 6.24. The van der Waals surface area contributed by atoms with Gasteiger partial charge in [0.15, 0.2) is 7.28 Å². The highest BCUT2D eigenvalue weighted by molar-refractivity contribution is 6.46. The fraction of sp³-hybridized carbons (Fsp3) is 0.455. The highest BCUT2D eigenvalue weighted by Gasteiger charge is 2.20. The Hall–Kier alpha value is -1.58. The van der Waals surface area contributed by atoms with Crippen molar-refractivity contribution in [3.05, 3.63) is 71.2 Å². The van der Waals surface area contributed by atoms with E-state index in [2.05, 4.69) is 81.4 Å². The Bertz CT molecular complexity index is 564. The van der Waals surface area contributed by atoms with Crippen LogP contribution in [0.25, 0.3) is 0 Å². The Morgan fingerprint density at radius 1 is 1.28 bits per heavy atom.